The number of sulfonamides is 1. The Bertz CT molecular complexity index is 750. The van der Waals surface area contributed by atoms with E-state index in [0.29, 0.717) is 24.9 Å². The van der Waals surface area contributed by atoms with Crippen molar-refractivity contribution in [1.82, 2.24) is 9.62 Å². The van der Waals surface area contributed by atoms with E-state index in [1.54, 1.807) is 0 Å². The summed E-state index contributed by atoms with van der Waals surface area (Å²) < 4.78 is 63.6. The number of benzene rings is 1. The van der Waals surface area contributed by atoms with Crippen molar-refractivity contribution in [3.8, 4) is 0 Å². The summed E-state index contributed by atoms with van der Waals surface area (Å²) in [6.45, 7) is 2.08. The van der Waals surface area contributed by atoms with Crippen LogP contribution in [-0.4, -0.2) is 44.7 Å². The van der Waals surface area contributed by atoms with Gasteiger partial charge in [0.05, 0.1) is 11.8 Å². The van der Waals surface area contributed by atoms with Crippen molar-refractivity contribution in [2.75, 3.05) is 24.7 Å². The molecule has 1 aromatic rings. The van der Waals surface area contributed by atoms with E-state index in [-0.39, 0.29) is 12.2 Å². The number of nitrogens with one attached hydrogen (secondary N) is 2. The fourth-order valence-electron chi connectivity index (χ4n) is 2.78. The third-order valence-corrected chi connectivity index (χ3v) is 4.51. The molecule has 25 heavy (non-hydrogen) atoms. The molecule has 10 heteroatoms. The predicted octanol–water partition coefficient (Wildman–Crippen LogP) is 2.56. The maximum absolute atomic E-state index is 12.9. The standard InChI is InChI=1S/C15H20F3N3O3S/c1-10-6-11(15(16,17)18)8-13(7-10)19-14(22)21-5-3-4-12(9-21)20-25(2,23)24/h6-8,12,20H,3-5,9H2,1-2H3,(H,19,22)/t12-/m1/s1. The fraction of sp³-hybridized carbons (Fsp3) is 0.533. The molecule has 2 amide bonds. The maximum atomic E-state index is 12.9. The van der Waals surface area contributed by atoms with Gasteiger partial charge in [-0.1, -0.05) is 0 Å². The number of hydrogen-bond donors (Lipinski definition) is 2. The minimum absolute atomic E-state index is 0.0514. The Labute approximate surface area is 144 Å². The largest absolute Gasteiger partial charge is 0.416 e. The van der Waals surface area contributed by atoms with Crippen LogP contribution < -0.4 is 10.0 Å². The van der Waals surface area contributed by atoms with Crippen LogP contribution in [0.1, 0.15) is 24.0 Å². The van der Waals surface area contributed by atoms with Crippen LogP contribution in [0.25, 0.3) is 0 Å². The summed E-state index contributed by atoms with van der Waals surface area (Å²) >= 11 is 0. The number of halogens is 3. The Morgan fingerprint density at radius 1 is 1.28 bits per heavy atom. The van der Waals surface area contributed by atoms with Gasteiger partial charge in [-0.25, -0.2) is 17.9 Å². The average Bonchev–Trinajstić information content (AvgIpc) is 2.44. The molecular weight excluding hydrogens is 359 g/mol. The van der Waals surface area contributed by atoms with E-state index < -0.39 is 33.8 Å². The molecule has 0 radical (unpaired) electrons. The number of carbonyl (C=O) groups is 1. The van der Waals surface area contributed by atoms with Gasteiger partial charge in [-0.15, -0.1) is 0 Å². The first-order valence-corrected chi connectivity index (χ1v) is 9.55. The van der Waals surface area contributed by atoms with E-state index >= 15 is 0 Å². The highest BCUT2D eigenvalue weighted by molar-refractivity contribution is 7.88. The zero-order valence-corrected chi connectivity index (χ0v) is 14.7. The molecule has 140 valence electrons. The lowest BCUT2D eigenvalue weighted by Crippen LogP contribution is -2.50. The number of anilines is 1. The summed E-state index contributed by atoms with van der Waals surface area (Å²) in [5.74, 6) is 0. The van der Waals surface area contributed by atoms with E-state index in [2.05, 4.69) is 10.0 Å². The molecule has 1 aromatic carbocycles. The molecule has 0 aliphatic carbocycles. The number of amides is 2. The molecule has 2 N–H and O–H groups in total. The van der Waals surface area contributed by atoms with Crippen LogP contribution in [0, 0.1) is 6.92 Å². The molecule has 1 saturated heterocycles. The number of piperidine rings is 1. The highest BCUT2D eigenvalue weighted by Gasteiger charge is 2.31. The van der Waals surface area contributed by atoms with E-state index in [9.17, 15) is 26.4 Å². The molecule has 1 fully saturated rings. The van der Waals surface area contributed by atoms with E-state index in [1.807, 2.05) is 0 Å². The Balaban J connectivity index is 2.08. The van der Waals surface area contributed by atoms with Gasteiger partial charge < -0.3 is 10.2 Å². The van der Waals surface area contributed by atoms with Crippen LogP contribution in [0.3, 0.4) is 0 Å². The van der Waals surface area contributed by atoms with Crippen molar-refractivity contribution in [2.24, 2.45) is 0 Å². The molecule has 0 unspecified atom stereocenters. The first-order chi connectivity index (χ1) is 11.4. The van der Waals surface area contributed by atoms with Gasteiger partial charge in [0, 0.05) is 24.8 Å². The Morgan fingerprint density at radius 2 is 1.96 bits per heavy atom. The molecule has 0 aromatic heterocycles. The molecule has 1 atom stereocenters. The van der Waals surface area contributed by atoms with Gasteiger partial charge in [-0.3, -0.25) is 0 Å². The van der Waals surface area contributed by atoms with Crippen LogP contribution >= 0.6 is 0 Å². The van der Waals surface area contributed by atoms with Crippen molar-refractivity contribution in [3.05, 3.63) is 29.3 Å². The van der Waals surface area contributed by atoms with Crippen LogP contribution in [0.5, 0.6) is 0 Å². The minimum Gasteiger partial charge on any atom is -0.323 e. The minimum atomic E-state index is -4.50. The van der Waals surface area contributed by atoms with Crippen LogP contribution in [0.4, 0.5) is 23.7 Å². The van der Waals surface area contributed by atoms with Gasteiger partial charge >= 0.3 is 12.2 Å². The quantitative estimate of drug-likeness (QED) is 0.847. The number of rotatable bonds is 3. The van der Waals surface area contributed by atoms with Gasteiger partial charge in [0.25, 0.3) is 0 Å². The summed E-state index contributed by atoms with van der Waals surface area (Å²) in [5, 5.41) is 2.46. The summed E-state index contributed by atoms with van der Waals surface area (Å²) in [7, 11) is -3.39. The third kappa shape index (κ3) is 5.89. The number of urea groups is 1. The monoisotopic (exact) mass is 379 g/mol. The van der Waals surface area contributed by atoms with Crippen molar-refractivity contribution in [2.45, 2.75) is 32.0 Å². The number of alkyl halides is 3. The number of nitrogens with zero attached hydrogens (tertiary/aromatic N) is 1. The predicted molar refractivity (Wildman–Crippen MR) is 87.8 cm³/mol. The van der Waals surface area contributed by atoms with Crippen molar-refractivity contribution in [3.63, 3.8) is 0 Å². The normalized spacial score (nSPS) is 18.9. The van der Waals surface area contributed by atoms with Gasteiger partial charge in [0.1, 0.15) is 0 Å². The summed E-state index contributed by atoms with van der Waals surface area (Å²) in [6.07, 6.45) is -2.26. The fourth-order valence-corrected chi connectivity index (χ4v) is 3.58. The van der Waals surface area contributed by atoms with E-state index in [1.165, 1.54) is 17.9 Å². The zero-order valence-electron chi connectivity index (χ0n) is 13.9. The molecule has 1 heterocycles. The Morgan fingerprint density at radius 3 is 2.56 bits per heavy atom. The molecule has 0 bridgehead atoms. The molecule has 1 aliphatic rings. The number of aryl methyl sites for hydroxylation is 1. The lowest BCUT2D eigenvalue weighted by atomic mass is 10.1. The lowest BCUT2D eigenvalue weighted by Gasteiger charge is -2.32. The molecular formula is C15H20F3N3O3S. The molecule has 2 rings (SSSR count). The summed E-state index contributed by atoms with van der Waals surface area (Å²) in [5.41, 5.74) is -0.408. The second-order valence-electron chi connectivity index (χ2n) is 6.19. The molecule has 6 nitrogen and oxygen atoms in total. The second kappa shape index (κ2) is 7.20. The highest BCUT2D eigenvalue weighted by atomic mass is 32.2. The van der Waals surface area contributed by atoms with Crippen LogP contribution in [0.2, 0.25) is 0 Å². The first-order valence-electron chi connectivity index (χ1n) is 7.66. The van der Waals surface area contributed by atoms with E-state index in [0.717, 1.165) is 18.4 Å². The molecule has 0 saturated carbocycles. The lowest BCUT2D eigenvalue weighted by molar-refractivity contribution is -0.137. The topological polar surface area (TPSA) is 78.5 Å². The maximum Gasteiger partial charge on any atom is 0.416 e. The summed E-state index contributed by atoms with van der Waals surface area (Å²) in [6, 6.07) is 2.36. The second-order valence-corrected chi connectivity index (χ2v) is 7.97. The van der Waals surface area contributed by atoms with Crippen molar-refractivity contribution < 1.29 is 26.4 Å². The van der Waals surface area contributed by atoms with Crippen molar-refractivity contribution in [1.29, 1.82) is 0 Å². The smallest absolute Gasteiger partial charge is 0.323 e. The van der Waals surface area contributed by atoms with Crippen molar-refractivity contribution >= 4 is 21.7 Å². The van der Waals surface area contributed by atoms with Gasteiger partial charge in [0.15, 0.2) is 0 Å². The van der Waals surface area contributed by atoms with Gasteiger partial charge in [-0.2, -0.15) is 13.2 Å². The SMILES string of the molecule is Cc1cc(NC(=O)N2CCC[C@@H](NS(C)(=O)=O)C2)cc(C(F)(F)F)c1. The van der Waals surface area contributed by atoms with Gasteiger partial charge in [0.2, 0.25) is 10.0 Å². The number of likely N-dealkylation sites (tertiary alicyclic amines) is 1. The summed E-state index contributed by atoms with van der Waals surface area (Å²) in [4.78, 5) is 13.7. The Hall–Kier alpha value is -1.81. The molecule has 0 spiro atoms. The highest BCUT2D eigenvalue weighted by Crippen LogP contribution is 2.32. The number of carbonyl (C=O) groups excluding carboxylic acids is 1. The van der Waals surface area contributed by atoms with Crippen LogP contribution in [-0.2, 0) is 16.2 Å². The van der Waals surface area contributed by atoms with E-state index in [4.69, 9.17) is 0 Å². The zero-order chi connectivity index (χ0) is 18.8. The Kier molecular flexibility index (Phi) is 5.62. The number of hydrogen-bond acceptors (Lipinski definition) is 3. The average molecular weight is 379 g/mol. The van der Waals surface area contributed by atoms with Gasteiger partial charge in [-0.05, 0) is 43.5 Å². The first kappa shape index (κ1) is 19.5. The molecule has 1 aliphatic heterocycles. The third-order valence-electron chi connectivity index (χ3n) is 3.75. The van der Waals surface area contributed by atoms with Crippen LogP contribution in [0.15, 0.2) is 18.2 Å².